The smallest absolute Gasteiger partial charge is 0.225 e. The average molecular weight is 397 g/mol. The van der Waals surface area contributed by atoms with Gasteiger partial charge in [-0.15, -0.1) is 0 Å². The van der Waals surface area contributed by atoms with E-state index >= 15 is 0 Å². The zero-order valence-electron chi connectivity index (χ0n) is 16.6. The molecule has 0 saturated carbocycles. The molecule has 1 saturated heterocycles. The van der Waals surface area contributed by atoms with Gasteiger partial charge in [0.2, 0.25) is 5.95 Å². The number of halogens is 1. The summed E-state index contributed by atoms with van der Waals surface area (Å²) in [6.07, 6.45) is 0.488. The van der Waals surface area contributed by atoms with Crippen LogP contribution in [-0.2, 0) is 11.2 Å². The van der Waals surface area contributed by atoms with Crippen molar-refractivity contribution in [3.05, 3.63) is 65.0 Å². The number of hydrogen-bond donors (Lipinski definition) is 1. The summed E-state index contributed by atoms with van der Waals surface area (Å²) >= 11 is 0. The number of nitrogens with zero attached hydrogens (tertiary/aromatic N) is 4. The second-order valence-electron chi connectivity index (χ2n) is 7.13. The van der Waals surface area contributed by atoms with Gasteiger partial charge in [-0.2, -0.15) is 5.10 Å². The van der Waals surface area contributed by atoms with Crippen molar-refractivity contribution < 1.29 is 13.9 Å². The molecular formula is C21H24FN5O2. The summed E-state index contributed by atoms with van der Waals surface area (Å²) in [6, 6.07) is 10.1. The number of morpholine rings is 1. The van der Waals surface area contributed by atoms with Crippen molar-refractivity contribution in [1.82, 2.24) is 20.2 Å². The lowest BCUT2D eigenvalue weighted by atomic mass is 10.2. The molecule has 1 N–H and O–H groups in total. The van der Waals surface area contributed by atoms with E-state index in [1.54, 1.807) is 12.1 Å². The Labute approximate surface area is 168 Å². The van der Waals surface area contributed by atoms with Gasteiger partial charge in [-0.25, -0.2) is 14.4 Å². The summed E-state index contributed by atoms with van der Waals surface area (Å²) in [5.41, 5.74) is 3.70. The van der Waals surface area contributed by atoms with Crippen molar-refractivity contribution in [2.45, 2.75) is 26.4 Å². The van der Waals surface area contributed by atoms with E-state index in [4.69, 9.17) is 9.47 Å². The molecule has 7 nitrogen and oxygen atoms in total. The van der Waals surface area contributed by atoms with Crippen LogP contribution in [0.15, 0.2) is 36.4 Å². The van der Waals surface area contributed by atoms with Crippen LogP contribution in [0, 0.1) is 19.7 Å². The van der Waals surface area contributed by atoms with Crippen LogP contribution in [0.2, 0.25) is 0 Å². The molecule has 8 heteroatoms. The fourth-order valence-electron chi connectivity index (χ4n) is 3.37. The van der Waals surface area contributed by atoms with E-state index in [0.717, 1.165) is 35.3 Å². The number of aryl methyl sites for hydroxylation is 2. The largest absolute Gasteiger partial charge is 0.493 e. The van der Waals surface area contributed by atoms with Crippen LogP contribution in [0.25, 0.3) is 0 Å². The minimum Gasteiger partial charge on any atom is -0.493 e. The van der Waals surface area contributed by atoms with Gasteiger partial charge in [0.15, 0.2) is 0 Å². The lowest BCUT2D eigenvalue weighted by Gasteiger charge is -2.32. The van der Waals surface area contributed by atoms with E-state index in [0.29, 0.717) is 31.9 Å². The fraction of sp³-hybridized carbons (Fsp3) is 0.381. The molecule has 1 aromatic carbocycles. The van der Waals surface area contributed by atoms with E-state index in [-0.39, 0.29) is 11.9 Å². The minimum absolute atomic E-state index is 0.151. The molecule has 0 spiro atoms. The molecule has 0 bridgehead atoms. The standard InChI is InChI=1S/C21H24FN5O2/c1-14-10-15(2)24-21(23-14)27-7-9-29-20(13-27)19-12-17(25-26-19)6-8-28-18-5-3-4-16(22)11-18/h3-5,10-12,20H,6-9,13H2,1-2H3,(H,25,26)/t20-/m1/s1. The third-order valence-corrected chi connectivity index (χ3v) is 4.74. The molecule has 29 heavy (non-hydrogen) atoms. The number of H-pyrrole nitrogens is 1. The van der Waals surface area contributed by atoms with Gasteiger partial charge in [0.1, 0.15) is 17.7 Å². The summed E-state index contributed by atoms with van der Waals surface area (Å²) < 4.78 is 24.7. The summed E-state index contributed by atoms with van der Waals surface area (Å²) in [5, 5.41) is 7.45. The second kappa shape index (κ2) is 8.57. The van der Waals surface area contributed by atoms with Crippen molar-refractivity contribution in [3.8, 4) is 5.75 Å². The fourth-order valence-corrected chi connectivity index (χ4v) is 3.37. The lowest BCUT2D eigenvalue weighted by Crippen LogP contribution is -2.39. The Bertz CT molecular complexity index is 957. The first-order valence-corrected chi connectivity index (χ1v) is 9.68. The van der Waals surface area contributed by atoms with Crippen molar-refractivity contribution in [2.24, 2.45) is 0 Å². The highest BCUT2D eigenvalue weighted by atomic mass is 19.1. The minimum atomic E-state index is -0.307. The number of anilines is 1. The summed E-state index contributed by atoms with van der Waals surface area (Å²) in [6.45, 7) is 6.36. The molecule has 2 aromatic heterocycles. The van der Waals surface area contributed by atoms with E-state index < -0.39 is 0 Å². The maximum absolute atomic E-state index is 13.2. The Morgan fingerprint density at radius 3 is 2.83 bits per heavy atom. The lowest BCUT2D eigenvalue weighted by molar-refractivity contribution is 0.0364. The predicted molar refractivity (Wildman–Crippen MR) is 107 cm³/mol. The quantitative estimate of drug-likeness (QED) is 0.689. The van der Waals surface area contributed by atoms with Crippen molar-refractivity contribution in [3.63, 3.8) is 0 Å². The number of aromatic amines is 1. The molecule has 0 radical (unpaired) electrons. The number of rotatable bonds is 6. The Balaban J connectivity index is 1.36. The Morgan fingerprint density at radius 1 is 1.21 bits per heavy atom. The molecule has 0 unspecified atom stereocenters. The topological polar surface area (TPSA) is 76.2 Å². The zero-order chi connectivity index (χ0) is 20.2. The van der Waals surface area contributed by atoms with Crippen molar-refractivity contribution in [1.29, 1.82) is 0 Å². The predicted octanol–water partition coefficient (Wildman–Crippen LogP) is 3.16. The molecule has 1 aliphatic rings. The van der Waals surface area contributed by atoms with Crippen LogP contribution in [0.3, 0.4) is 0 Å². The van der Waals surface area contributed by atoms with Gasteiger partial charge >= 0.3 is 0 Å². The number of aromatic nitrogens is 4. The highest BCUT2D eigenvalue weighted by molar-refractivity contribution is 5.34. The number of benzene rings is 1. The van der Waals surface area contributed by atoms with E-state index in [1.165, 1.54) is 12.1 Å². The maximum Gasteiger partial charge on any atom is 0.225 e. The highest BCUT2D eigenvalue weighted by Crippen LogP contribution is 2.24. The number of ether oxygens (including phenoxy) is 2. The second-order valence-corrected chi connectivity index (χ2v) is 7.13. The van der Waals surface area contributed by atoms with Crippen molar-refractivity contribution in [2.75, 3.05) is 31.2 Å². The molecule has 1 aliphatic heterocycles. The van der Waals surface area contributed by atoms with E-state index in [9.17, 15) is 4.39 Å². The Kier molecular flexibility index (Phi) is 5.71. The molecule has 3 heterocycles. The van der Waals surface area contributed by atoms with Gasteiger partial charge in [0.05, 0.1) is 25.5 Å². The molecule has 0 aliphatic carbocycles. The zero-order valence-corrected chi connectivity index (χ0v) is 16.6. The number of hydrogen-bond acceptors (Lipinski definition) is 6. The first kappa shape index (κ1) is 19.3. The van der Waals surface area contributed by atoms with Gasteiger partial charge in [-0.05, 0) is 38.1 Å². The third-order valence-electron chi connectivity index (χ3n) is 4.74. The van der Waals surface area contributed by atoms with E-state index in [1.807, 2.05) is 26.0 Å². The van der Waals surface area contributed by atoms with Gasteiger partial charge < -0.3 is 14.4 Å². The molecule has 1 fully saturated rings. The average Bonchev–Trinajstić information content (AvgIpc) is 3.16. The molecule has 3 aromatic rings. The Hall–Kier alpha value is -3.00. The summed E-state index contributed by atoms with van der Waals surface area (Å²) in [7, 11) is 0. The monoisotopic (exact) mass is 397 g/mol. The first-order chi connectivity index (χ1) is 14.1. The summed E-state index contributed by atoms with van der Waals surface area (Å²) in [4.78, 5) is 11.2. The Morgan fingerprint density at radius 2 is 2.03 bits per heavy atom. The van der Waals surface area contributed by atoms with Crippen LogP contribution in [0.1, 0.15) is 28.9 Å². The normalized spacial score (nSPS) is 16.8. The van der Waals surface area contributed by atoms with Crippen LogP contribution >= 0.6 is 0 Å². The van der Waals surface area contributed by atoms with Crippen LogP contribution in [-0.4, -0.2) is 46.5 Å². The van der Waals surface area contributed by atoms with Crippen LogP contribution in [0.5, 0.6) is 5.75 Å². The van der Waals surface area contributed by atoms with Gasteiger partial charge in [-0.1, -0.05) is 6.07 Å². The third kappa shape index (κ3) is 4.89. The maximum atomic E-state index is 13.2. The van der Waals surface area contributed by atoms with Crippen molar-refractivity contribution >= 4 is 5.95 Å². The van der Waals surface area contributed by atoms with E-state index in [2.05, 4.69) is 25.1 Å². The molecule has 1 atom stereocenters. The highest BCUT2D eigenvalue weighted by Gasteiger charge is 2.26. The first-order valence-electron chi connectivity index (χ1n) is 9.68. The molecule has 4 rings (SSSR count). The summed E-state index contributed by atoms with van der Waals surface area (Å²) in [5.74, 6) is 0.942. The van der Waals surface area contributed by atoms with Gasteiger partial charge in [0.25, 0.3) is 0 Å². The molecule has 0 amide bonds. The SMILES string of the molecule is Cc1cc(C)nc(N2CCO[C@@H](c3cc(CCOc4cccc(F)c4)[nH]n3)C2)n1. The van der Waals surface area contributed by atoms with Crippen LogP contribution in [0.4, 0.5) is 10.3 Å². The van der Waals surface area contributed by atoms with Crippen LogP contribution < -0.4 is 9.64 Å². The molecular weight excluding hydrogens is 373 g/mol. The number of nitrogens with one attached hydrogen (secondary N) is 1. The molecule has 152 valence electrons. The van der Waals surface area contributed by atoms with Gasteiger partial charge in [0, 0.05) is 36.1 Å². The van der Waals surface area contributed by atoms with Gasteiger partial charge in [-0.3, -0.25) is 5.10 Å².